The summed E-state index contributed by atoms with van der Waals surface area (Å²) in [4.78, 5) is 12.0. The van der Waals surface area contributed by atoms with Gasteiger partial charge in [-0.15, -0.1) is 0 Å². The van der Waals surface area contributed by atoms with E-state index in [0.717, 1.165) is 12.8 Å². The smallest absolute Gasteiger partial charge is 0.137 e. The molecule has 0 heterocycles. The molecule has 100 valence electrons. The second-order valence-corrected chi connectivity index (χ2v) is 5.16. The van der Waals surface area contributed by atoms with E-state index in [1.54, 1.807) is 0 Å². The number of ketones is 1. The first-order valence-corrected chi connectivity index (χ1v) is 7.29. The van der Waals surface area contributed by atoms with Crippen molar-refractivity contribution in [3.05, 3.63) is 48.0 Å². The number of benzene rings is 2. The fourth-order valence-electron chi connectivity index (χ4n) is 2.50. The minimum absolute atomic E-state index is 0.368. The van der Waals surface area contributed by atoms with Crippen LogP contribution in [0.1, 0.15) is 44.6 Å². The molecular weight excluding hydrogens is 232 g/mol. The summed E-state index contributed by atoms with van der Waals surface area (Å²) in [6.45, 7) is 2.19. The summed E-state index contributed by atoms with van der Waals surface area (Å²) in [7, 11) is 0. The molecule has 2 rings (SSSR count). The van der Waals surface area contributed by atoms with Crippen LogP contribution in [0, 0.1) is 0 Å². The molecule has 0 aliphatic carbocycles. The highest BCUT2D eigenvalue weighted by Gasteiger charge is 2.06. The molecule has 1 nitrogen and oxygen atoms in total. The van der Waals surface area contributed by atoms with E-state index in [4.69, 9.17) is 0 Å². The molecule has 0 aromatic heterocycles. The van der Waals surface area contributed by atoms with Gasteiger partial charge in [0.1, 0.15) is 5.78 Å². The average molecular weight is 254 g/mol. The topological polar surface area (TPSA) is 17.1 Å². The van der Waals surface area contributed by atoms with E-state index in [9.17, 15) is 4.79 Å². The maximum atomic E-state index is 12.0. The Hall–Kier alpha value is -1.63. The molecule has 0 aliphatic heterocycles. The summed E-state index contributed by atoms with van der Waals surface area (Å²) in [5.74, 6) is 0.368. The number of unbranched alkanes of at least 4 members (excludes halogenated alkanes) is 3. The molecule has 0 spiro atoms. The monoisotopic (exact) mass is 254 g/mol. The van der Waals surface area contributed by atoms with Crippen LogP contribution in [-0.4, -0.2) is 5.78 Å². The Labute approximate surface area is 115 Å². The Bertz CT molecular complexity index is 537. The normalized spacial score (nSPS) is 10.8. The van der Waals surface area contributed by atoms with Gasteiger partial charge in [-0.2, -0.15) is 0 Å². The van der Waals surface area contributed by atoms with Crippen molar-refractivity contribution in [2.45, 2.75) is 45.4 Å². The Morgan fingerprint density at radius 2 is 1.74 bits per heavy atom. The number of hydrogen-bond acceptors (Lipinski definition) is 1. The summed E-state index contributed by atoms with van der Waals surface area (Å²) >= 11 is 0. The minimum atomic E-state index is 0.368. The van der Waals surface area contributed by atoms with Crippen molar-refractivity contribution in [1.29, 1.82) is 0 Å². The molecule has 2 aromatic carbocycles. The van der Waals surface area contributed by atoms with E-state index in [1.807, 2.05) is 18.2 Å². The Kier molecular flexibility index (Phi) is 5.14. The molecule has 0 saturated carbocycles. The van der Waals surface area contributed by atoms with Crippen LogP contribution in [0.25, 0.3) is 10.8 Å². The van der Waals surface area contributed by atoms with Crippen molar-refractivity contribution in [3.8, 4) is 0 Å². The van der Waals surface area contributed by atoms with Gasteiger partial charge >= 0.3 is 0 Å². The molecular formula is C18H22O. The first-order valence-electron chi connectivity index (χ1n) is 7.29. The van der Waals surface area contributed by atoms with Gasteiger partial charge < -0.3 is 0 Å². The van der Waals surface area contributed by atoms with Gasteiger partial charge in [0.2, 0.25) is 0 Å². The highest BCUT2D eigenvalue weighted by atomic mass is 16.1. The van der Waals surface area contributed by atoms with E-state index in [0.29, 0.717) is 12.2 Å². The van der Waals surface area contributed by atoms with Crippen molar-refractivity contribution in [2.75, 3.05) is 0 Å². The average Bonchev–Trinajstić information content (AvgIpc) is 2.44. The third-order valence-electron chi connectivity index (χ3n) is 3.58. The molecule has 1 heteroatoms. The van der Waals surface area contributed by atoms with Gasteiger partial charge in [0.25, 0.3) is 0 Å². The number of Topliss-reactive ketones (excluding diaryl/α,β-unsaturated/α-hetero) is 1. The molecule has 19 heavy (non-hydrogen) atoms. The molecule has 0 amide bonds. The third-order valence-corrected chi connectivity index (χ3v) is 3.58. The quantitative estimate of drug-likeness (QED) is 0.641. The molecule has 0 aliphatic rings. The lowest BCUT2D eigenvalue weighted by atomic mass is 9.98. The highest BCUT2D eigenvalue weighted by Crippen LogP contribution is 2.19. The van der Waals surface area contributed by atoms with Crippen LogP contribution in [0.2, 0.25) is 0 Å². The van der Waals surface area contributed by atoms with Gasteiger partial charge in [-0.25, -0.2) is 0 Å². The molecule has 0 atom stereocenters. The van der Waals surface area contributed by atoms with Gasteiger partial charge in [0.15, 0.2) is 0 Å². The second-order valence-electron chi connectivity index (χ2n) is 5.16. The van der Waals surface area contributed by atoms with Crippen LogP contribution in [0.15, 0.2) is 42.5 Å². The maximum absolute atomic E-state index is 12.0. The van der Waals surface area contributed by atoms with Crippen LogP contribution in [0.5, 0.6) is 0 Å². The number of rotatable bonds is 7. The van der Waals surface area contributed by atoms with Crippen LogP contribution in [0.3, 0.4) is 0 Å². The van der Waals surface area contributed by atoms with Crippen molar-refractivity contribution >= 4 is 16.6 Å². The SMILES string of the molecule is CCCCCCC(=O)Cc1cccc2ccccc12. The Balaban J connectivity index is 1.99. The van der Waals surface area contributed by atoms with Gasteiger partial charge in [-0.3, -0.25) is 4.79 Å². The highest BCUT2D eigenvalue weighted by molar-refractivity contribution is 5.90. The molecule has 0 saturated heterocycles. The predicted molar refractivity (Wildman–Crippen MR) is 81.4 cm³/mol. The zero-order chi connectivity index (χ0) is 13.5. The Morgan fingerprint density at radius 1 is 0.947 bits per heavy atom. The zero-order valence-corrected chi connectivity index (χ0v) is 11.7. The zero-order valence-electron chi connectivity index (χ0n) is 11.7. The van der Waals surface area contributed by atoms with Gasteiger partial charge in [0, 0.05) is 12.8 Å². The van der Waals surface area contributed by atoms with Gasteiger partial charge in [-0.05, 0) is 22.8 Å². The first-order chi connectivity index (χ1) is 9.31. The molecule has 0 fully saturated rings. The van der Waals surface area contributed by atoms with Crippen molar-refractivity contribution in [3.63, 3.8) is 0 Å². The van der Waals surface area contributed by atoms with Gasteiger partial charge in [-0.1, -0.05) is 68.7 Å². The predicted octanol–water partition coefficient (Wildman–Crippen LogP) is 4.92. The fourth-order valence-corrected chi connectivity index (χ4v) is 2.50. The van der Waals surface area contributed by atoms with Crippen LogP contribution in [0.4, 0.5) is 0 Å². The van der Waals surface area contributed by atoms with E-state index >= 15 is 0 Å². The first kappa shape index (κ1) is 13.8. The summed E-state index contributed by atoms with van der Waals surface area (Å²) < 4.78 is 0. The van der Waals surface area contributed by atoms with E-state index in [-0.39, 0.29) is 0 Å². The number of carbonyl (C=O) groups excluding carboxylic acids is 1. The Morgan fingerprint density at radius 3 is 2.58 bits per heavy atom. The summed E-state index contributed by atoms with van der Waals surface area (Å²) in [5.41, 5.74) is 1.17. The van der Waals surface area contributed by atoms with Crippen molar-refractivity contribution in [2.24, 2.45) is 0 Å². The van der Waals surface area contributed by atoms with Crippen LogP contribution >= 0.6 is 0 Å². The molecule has 2 aromatic rings. The number of hydrogen-bond donors (Lipinski definition) is 0. The van der Waals surface area contributed by atoms with E-state index in [2.05, 4.69) is 31.2 Å². The molecule has 0 N–H and O–H groups in total. The maximum Gasteiger partial charge on any atom is 0.137 e. The lowest BCUT2D eigenvalue weighted by molar-refractivity contribution is -0.118. The largest absolute Gasteiger partial charge is 0.299 e. The minimum Gasteiger partial charge on any atom is -0.299 e. The fraction of sp³-hybridized carbons (Fsp3) is 0.389. The molecule has 0 bridgehead atoms. The summed E-state index contributed by atoms with van der Waals surface area (Å²) in [5, 5.41) is 2.44. The number of carbonyl (C=O) groups is 1. The third kappa shape index (κ3) is 3.92. The second kappa shape index (κ2) is 7.08. The van der Waals surface area contributed by atoms with Crippen LogP contribution in [-0.2, 0) is 11.2 Å². The summed E-state index contributed by atoms with van der Waals surface area (Å²) in [6.07, 6.45) is 5.98. The van der Waals surface area contributed by atoms with Crippen LogP contribution < -0.4 is 0 Å². The standard InChI is InChI=1S/C18H22O/c1-2-3-4-5-12-17(19)14-16-11-8-10-15-9-6-7-13-18(15)16/h6-11,13H,2-5,12,14H2,1H3. The number of fused-ring (bicyclic) bond motifs is 1. The lowest BCUT2D eigenvalue weighted by Crippen LogP contribution is -2.03. The molecule has 0 radical (unpaired) electrons. The van der Waals surface area contributed by atoms with Crippen molar-refractivity contribution in [1.82, 2.24) is 0 Å². The molecule has 0 unspecified atom stereocenters. The van der Waals surface area contributed by atoms with Crippen molar-refractivity contribution < 1.29 is 4.79 Å². The van der Waals surface area contributed by atoms with E-state index in [1.165, 1.54) is 35.6 Å². The lowest BCUT2D eigenvalue weighted by Gasteiger charge is -2.06. The van der Waals surface area contributed by atoms with Gasteiger partial charge in [0.05, 0.1) is 0 Å². The summed E-state index contributed by atoms with van der Waals surface area (Å²) in [6, 6.07) is 14.5. The van der Waals surface area contributed by atoms with E-state index < -0.39 is 0 Å².